The number of ether oxygens (including phenoxy) is 1. The molecule has 1 heterocycles. The molecule has 0 fully saturated rings. The van der Waals surface area contributed by atoms with Gasteiger partial charge in [-0.3, -0.25) is 4.79 Å². The van der Waals surface area contributed by atoms with Gasteiger partial charge in [-0.05, 0) is 41.3 Å². The zero-order valence-electron chi connectivity index (χ0n) is 18.5. The van der Waals surface area contributed by atoms with Gasteiger partial charge in [0.05, 0.1) is 11.1 Å². The summed E-state index contributed by atoms with van der Waals surface area (Å²) in [5.41, 5.74) is -0.867. The Morgan fingerprint density at radius 1 is 1.06 bits per heavy atom. The lowest BCUT2D eigenvalue weighted by Gasteiger charge is -2.28. The number of amides is 1. The van der Waals surface area contributed by atoms with E-state index < -0.39 is 35.1 Å². The molecule has 2 N–H and O–H groups in total. The summed E-state index contributed by atoms with van der Waals surface area (Å²) in [5.74, 6) is -1.86. The average Bonchev–Trinajstić information content (AvgIpc) is 2.74. The second-order valence-corrected chi connectivity index (χ2v) is 9.13. The van der Waals surface area contributed by atoms with Crippen molar-refractivity contribution in [3.8, 4) is 5.75 Å². The Morgan fingerprint density at radius 2 is 1.68 bits per heavy atom. The number of hydrogen-bond acceptors (Lipinski definition) is 4. The molecule has 0 aliphatic heterocycles. The second-order valence-electron chi connectivity index (χ2n) is 8.74. The number of alkyl halides is 3. The van der Waals surface area contributed by atoms with Crippen LogP contribution in [0.4, 0.5) is 13.2 Å². The maximum absolute atomic E-state index is 13.1. The third-order valence-corrected chi connectivity index (χ3v) is 5.29. The number of carboxylic acids is 1. The van der Waals surface area contributed by atoms with Gasteiger partial charge in [0.25, 0.3) is 5.91 Å². The molecule has 0 aliphatic carbocycles. The van der Waals surface area contributed by atoms with E-state index in [1.165, 1.54) is 18.2 Å². The highest BCUT2D eigenvalue weighted by atomic mass is 35.5. The molecule has 0 spiro atoms. The number of fused-ring (bicyclic) bond motifs is 1. The number of nitrogens with one attached hydrogen (secondary N) is 1. The number of carbonyl (C=O) groups excluding carboxylic acids is 1. The number of aliphatic carboxylic acids is 1. The SMILES string of the molecule is CC(C)(C)C(NC(=O)c1ccc2ccc(Cl)nc2c1OCc1ccc(C(F)(F)F)cc1)C(=O)O. The summed E-state index contributed by atoms with van der Waals surface area (Å²) >= 11 is 6.03. The third-order valence-electron chi connectivity index (χ3n) is 5.08. The zero-order valence-corrected chi connectivity index (χ0v) is 19.3. The van der Waals surface area contributed by atoms with Crippen molar-refractivity contribution in [1.82, 2.24) is 10.3 Å². The molecule has 0 saturated carbocycles. The van der Waals surface area contributed by atoms with Crippen molar-refractivity contribution in [2.75, 3.05) is 0 Å². The molecule has 1 amide bonds. The van der Waals surface area contributed by atoms with Crippen LogP contribution < -0.4 is 10.1 Å². The van der Waals surface area contributed by atoms with Gasteiger partial charge in [-0.25, -0.2) is 9.78 Å². The largest absolute Gasteiger partial charge is 0.486 e. The normalized spacial score (nSPS) is 12.9. The fraction of sp³-hybridized carbons (Fsp3) is 0.292. The number of aromatic nitrogens is 1. The van der Waals surface area contributed by atoms with Gasteiger partial charge in [-0.2, -0.15) is 13.2 Å². The minimum absolute atomic E-state index is 0.0182. The number of halogens is 4. The van der Waals surface area contributed by atoms with E-state index >= 15 is 0 Å². The number of benzene rings is 2. The minimum Gasteiger partial charge on any atom is -0.486 e. The van der Waals surface area contributed by atoms with Gasteiger partial charge in [0.15, 0.2) is 5.75 Å². The topological polar surface area (TPSA) is 88.5 Å². The van der Waals surface area contributed by atoms with Crippen LogP contribution in [0.25, 0.3) is 10.9 Å². The fourth-order valence-electron chi connectivity index (χ4n) is 3.27. The molecule has 10 heteroatoms. The van der Waals surface area contributed by atoms with Gasteiger partial charge in [0, 0.05) is 5.39 Å². The van der Waals surface area contributed by atoms with Crippen LogP contribution >= 0.6 is 11.6 Å². The first kappa shape index (κ1) is 25.3. The Morgan fingerprint density at radius 3 is 2.24 bits per heavy atom. The van der Waals surface area contributed by atoms with Gasteiger partial charge in [0.1, 0.15) is 23.3 Å². The molecule has 0 radical (unpaired) electrons. The van der Waals surface area contributed by atoms with Crippen LogP contribution in [0.2, 0.25) is 5.15 Å². The van der Waals surface area contributed by atoms with Crippen LogP contribution in [0.1, 0.15) is 42.3 Å². The van der Waals surface area contributed by atoms with E-state index in [0.29, 0.717) is 10.9 Å². The highest BCUT2D eigenvalue weighted by molar-refractivity contribution is 6.29. The zero-order chi connectivity index (χ0) is 25.3. The lowest BCUT2D eigenvalue weighted by molar-refractivity contribution is -0.142. The maximum atomic E-state index is 13.1. The van der Waals surface area contributed by atoms with E-state index in [4.69, 9.17) is 16.3 Å². The molecule has 1 unspecified atom stereocenters. The van der Waals surface area contributed by atoms with Crippen LogP contribution in [-0.2, 0) is 17.6 Å². The Kier molecular flexibility index (Phi) is 7.07. The molecule has 6 nitrogen and oxygen atoms in total. The van der Waals surface area contributed by atoms with E-state index in [2.05, 4.69) is 10.3 Å². The Hall–Kier alpha value is -3.33. The van der Waals surface area contributed by atoms with E-state index in [0.717, 1.165) is 12.1 Å². The molecular weight excluding hydrogens is 473 g/mol. The first-order valence-corrected chi connectivity index (χ1v) is 10.6. The number of pyridine rings is 1. The molecule has 0 saturated heterocycles. The number of carboxylic acid groups (broad SMARTS) is 1. The predicted molar refractivity (Wildman–Crippen MR) is 121 cm³/mol. The van der Waals surface area contributed by atoms with Crippen molar-refractivity contribution in [2.45, 2.75) is 39.6 Å². The van der Waals surface area contributed by atoms with Crippen molar-refractivity contribution in [3.63, 3.8) is 0 Å². The number of carbonyl (C=O) groups is 2. The van der Waals surface area contributed by atoms with Gasteiger partial charge >= 0.3 is 12.1 Å². The molecule has 180 valence electrons. The van der Waals surface area contributed by atoms with Crippen molar-refractivity contribution >= 4 is 34.4 Å². The second kappa shape index (κ2) is 9.50. The Bertz CT molecular complexity index is 1220. The number of rotatable bonds is 6. The molecular formula is C24H22ClF3N2O4. The maximum Gasteiger partial charge on any atom is 0.416 e. The van der Waals surface area contributed by atoms with Crippen molar-refractivity contribution < 1.29 is 32.6 Å². The first-order chi connectivity index (χ1) is 15.8. The van der Waals surface area contributed by atoms with E-state index in [1.807, 2.05) is 0 Å². The molecule has 1 aromatic heterocycles. The summed E-state index contributed by atoms with van der Waals surface area (Å²) in [7, 11) is 0. The Balaban J connectivity index is 1.98. The summed E-state index contributed by atoms with van der Waals surface area (Å²) in [6.07, 6.45) is -4.46. The van der Waals surface area contributed by atoms with E-state index in [-0.39, 0.29) is 28.6 Å². The van der Waals surface area contributed by atoms with Crippen LogP contribution in [-0.4, -0.2) is 28.0 Å². The molecule has 2 aromatic carbocycles. The van der Waals surface area contributed by atoms with Crippen LogP contribution in [0.5, 0.6) is 5.75 Å². The summed E-state index contributed by atoms with van der Waals surface area (Å²) in [6.45, 7) is 4.87. The first-order valence-electron chi connectivity index (χ1n) is 10.2. The summed E-state index contributed by atoms with van der Waals surface area (Å²) in [4.78, 5) is 29.0. The molecule has 0 bridgehead atoms. The molecule has 0 aliphatic rings. The van der Waals surface area contributed by atoms with Gasteiger partial charge < -0.3 is 15.2 Å². The smallest absolute Gasteiger partial charge is 0.416 e. The Labute approximate surface area is 198 Å². The summed E-state index contributed by atoms with van der Waals surface area (Å²) in [5, 5.41) is 12.8. The lowest BCUT2D eigenvalue weighted by Crippen LogP contribution is -2.49. The molecule has 1 atom stereocenters. The van der Waals surface area contributed by atoms with Crippen molar-refractivity contribution in [2.24, 2.45) is 5.41 Å². The minimum atomic E-state index is -4.46. The highest BCUT2D eigenvalue weighted by Crippen LogP contribution is 2.32. The van der Waals surface area contributed by atoms with Crippen LogP contribution in [0, 0.1) is 5.41 Å². The van der Waals surface area contributed by atoms with Crippen molar-refractivity contribution in [3.05, 3.63) is 70.4 Å². The summed E-state index contributed by atoms with van der Waals surface area (Å²) in [6, 6.07) is 9.54. The van der Waals surface area contributed by atoms with Gasteiger partial charge in [0.2, 0.25) is 0 Å². The fourth-order valence-corrected chi connectivity index (χ4v) is 3.41. The molecule has 3 aromatic rings. The third kappa shape index (κ3) is 5.77. The summed E-state index contributed by atoms with van der Waals surface area (Å²) < 4.78 is 44.3. The number of hydrogen-bond donors (Lipinski definition) is 2. The predicted octanol–water partition coefficient (Wildman–Crippen LogP) is 5.72. The van der Waals surface area contributed by atoms with E-state index in [9.17, 15) is 27.9 Å². The lowest BCUT2D eigenvalue weighted by atomic mass is 9.86. The van der Waals surface area contributed by atoms with Crippen molar-refractivity contribution in [1.29, 1.82) is 0 Å². The van der Waals surface area contributed by atoms with E-state index in [1.54, 1.807) is 39.0 Å². The molecule has 34 heavy (non-hydrogen) atoms. The van der Waals surface area contributed by atoms with Gasteiger partial charge in [-0.15, -0.1) is 0 Å². The number of nitrogens with zero attached hydrogens (tertiary/aromatic N) is 1. The highest BCUT2D eigenvalue weighted by Gasteiger charge is 2.34. The average molecular weight is 495 g/mol. The monoisotopic (exact) mass is 494 g/mol. The quantitative estimate of drug-likeness (QED) is 0.428. The molecule has 3 rings (SSSR count). The van der Waals surface area contributed by atoms with Gasteiger partial charge in [-0.1, -0.05) is 50.6 Å². The van der Waals surface area contributed by atoms with Crippen LogP contribution in [0.3, 0.4) is 0 Å². The van der Waals surface area contributed by atoms with Crippen LogP contribution in [0.15, 0.2) is 48.5 Å². The standard InChI is InChI=1S/C24H22ClF3N2O4/c1-23(2,3)20(22(32)33)30-21(31)16-10-6-14-7-11-17(25)29-18(14)19(16)34-12-13-4-8-15(9-5-13)24(26,27)28/h4-11,20H,12H2,1-3H3,(H,30,31)(H,32,33).